The lowest BCUT2D eigenvalue weighted by molar-refractivity contribution is -0.135. The first-order valence-corrected chi connectivity index (χ1v) is 8.10. The Morgan fingerprint density at radius 3 is 2.48 bits per heavy atom. The summed E-state index contributed by atoms with van der Waals surface area (Å²) in [5.41, 5.74) is 0.681. The molecule has 0 fully saturated rings. The normalized spacial score (nSPS) is 11.0. The van der Waals surface area contributed by atoms with Crippen LogP contribution in [0.15, 0.2) is 47.5 Å². The lowest BCUT2D eigenvalue weighted by Crippen LogP contribution is -2.36. The molecule has 1 heterocycles. The second-order valence-corrected chi connectivity index (χ2v) is 6.56. The maximum atomic E-state index is 12.8. The molecule has 7 nitrogen and oxygen atoms in total. The predicted octanol–water partition coefficient (Wildman–Crippen LogP) is 1.68. The average Bonchev–Trinajstić information content (AvgIpc) is 2.53. The van der Waals surface area contributed by atoms with Gasteiger partial charge in [-0.2, -0.15) is 0 Å². The quantitative estimate of drug-likeness (QED) is 0.862. The summed E-state index contributed by atoms with van der Waals surface area (Å²) in [5.74, 6) is -0.963. The molecule has 0 spiro atoms. The summed E-state index contributed by atoms with van der Waals surface area (Å²) in [4.78, 5) is 15.1. The van der Waals surface area contributed by atoms with Crippen LogP contribution >= 0.6 is 0 Å². The van der Waals surface area contributed by atoms with Gasteiger partial charge in [0.25, 0.3) is 10.0 Å². The number of sulfonamides is 1. The Morgan fingerprint density at radius 2 is 1.96 bits per heavy atom. The summed E-state index contributed by atoms with van der Waals surface area (Å²) in [7, 11) is -2.60. The third-order valence-electron chi connectivity index (χ3n) is 3.16. The standard InChI is InChI=1S/C15H16N2O5S/c1-11-5-3-4-6-13(11)23(20,21)17(10-15(18)19)12-7-8-14(22-2)16-9-12/h3-9H,10H2,1-2H3,(H,18,19). The van der Waals surface area contributed by atoms with Gasteiger partial charge in [-0.25, -0.2) is 13.4 Å². The number of aryl methyl sites for hydroxylation is 1. The summed E-state index contributed by atoms with van der Waals surface area (Å²) < 4.78 is 31.4. The van der Waals surface area contributed by atoms with Crippen LogP contribution in [0.4, 0.5) is 5.69 Å². The van der Waals surface area contributed by atoms with Crippen LogP contribution in [-0.4, -0.2) is 38.1 Å². The second-order valence-electron chi connectivity index (χ2n) is 4.73. The fraction of sp³-hybridized carbons (Fsp3) is 0.200. The minimum atomic E-state index is -4.03. The monoisotopic (exact) mass is 336 g/mol. The molecule has 23 heavy (non-hydrogen) atoms. The number of hydrogen-bond donors (Lipinski definition) is 1. The lowest BCUT2D eigenvalue weighted by atomic mass is 10.2. The van der Waals surface area contributed by atoms with Crippen molar-refractivity contribution in [3.63, 3.8) is 0 Å². The van der Waals surface area contributed by atoms with Crippen molar-refractivity contribution in [2.75, 3.05) is 18.0 Å². The van der Waals surface area contributed by atoms with E-state index in [1.54, 1.807) is 25.1 Å². The van der Waals surface area contributed by atoms with Crippen molar-refractivity contribution in [2.24, 2.45) is 0 Å². The maximum absolute atomic E-state index is 12.8. The Morgan fingerprint density at radius 1 is 1.26 bits per heavy atom. The van der Waals surface area contributed by atoms with Gasteiger partial charge in [-0.05, 0) is 24.6 Å². The molecule has 0 amide bonds. The molecule has 0 saturated heterocycles. The predicted molar refractivity (Wildman–Crippen MR) is 84.1 cm³/mol. The third kappa shape index (κ3) is 3.59. The van der Waals surface area contributed by atoms with Crippen LogP contribution in [0.1, 0.15) is 5.56 Å². The van der Waals surface area contributed by atoms with Crippen LogP contribution < -0.4 is 9.04 Å². The number of anilines is 1. The third-order valence-corrected chi connectivity index (χ3v) is 5.09. The van der Waals surface area contributed by atoms with E-state index in [4.69, 9.17) is 9.84 Å². The van der Waals surface area contributed by atoms with Crippen LogP contribution in [-0.2, 0) is 14.8 Å². The van der Waals surface area contributed by atoms with Gasteiger partial charge in [0.2, 0.25) is 5.88 Å². The van der Waals surface area contributed by atoms with E-state index in [-0.39, 0.29) is 10.6 Å². The summed E-state index contributed by atoms with van der Waals surface area (Å²) in [6.45, 7) is 0.947. The first-order chi connectivity index (χ1) is 10.9. The molecule has 2 aromatic rings. The maximum Gasteiger partial charge on any atom is 0.324 e. The van der Waals surface area contributed by atoms with E-state index in [9.17, 15) is 13.2 Å². The molecule has 1 aromatic heterocycles. The van der Waals surface area contributed by atoms with Gasteiger partial charge in [0.1, 0.15) is 6.54 Å². The molecule has 8 heteroatoms. The number of aliphatic carboxylic acids is 1. The molecule has 2 rings (SSSR count). The number of carboxylic acid groups (broad SMARTS) is 1. The van der Waals surface area contributed by atoms with E-state index >= 15 is 0 Å². The van der Waals surface area contributed by atoms with Gasteiger partial charge in [0.05, 0.1) is 23.9 Å². The van der Waals surface area contributed by atoms with Crippen LogP contribution in [0.5, 0.6) is 5.88 Å². The Bertz CT molecular complexity index is 803. The molecule has 122 valence electrons. The van der Waals surface area contributed by atoms with E-state index in [0.717, 1.165) is 4.31 Å². The van der Waals surface area contributed by atoms with Gasteiger partial charge >= 0.3 is 5.97 Å². The molecule has 1 aromatic carbocycles. The molecule has 0 aliphatic heterocycles. The molecule has 0 bridgehead atoms. The molecule has 0 saturated carbocycles. The zero-order valence-electron chi connectivity index (χ0n) is 12.6. The summed E-state index contributed by atoms with van der Waals surface area (Å²) in [6, 6.07) is 9.31. The fourth-order valence-corrected chi connectivity index (χ4v) is 3.67. The number of ether oxygens (including phenoxy) is 1. The van der Waals surface area contributed by atoms with Crippen LogP contribution in [0.3, 0.4) is 0 Å². The molecular formula is C15H16N2O5S. The highest BCUT2D eigenvalue weighted by atomic mass is 32.2. The number of carboxylic acids is 1. The van der Waals surface area contributed by atoms with Gasteiger partial charge in [-0.15, -0.1) is 0 Å². The number of carbonyl (C=O) groups is 1. The number of hydrogen-bond acceptors (Lipinski definition) is 5. The molecule has 0 unspecified atom stereocenters. The Balaban J connectivity index is 2.53. The van der Waals surface area contributed by atoms with Crippen LogP contribution in [0.25, 0.3) is 0 Å². The van der Waals surface area contributed by atoms with Crippen molar-refractivity contribution in [1.29, 1.82) is 0 Å². The van der Waals surface area contributed by atoms with Crippen molar-refractivity contribution < 1.29 is 23.1 Å². The van der Waals surface area contributed by atoms with Crippen LogP contribution in [0.2, 0.25) is 0 Å². The molecular weight excluding hydrogens is 320 g/mol. The first kappa shape index (κ1) is 16.8. The fourth-order valence-electron chi connectivity index (χ4n) is 2.04. The second kappa shape index (κ2) is 6.66. The van der Waals surface area contributed by atoms with Crippen molar-refractivity contribution in [1.82, 2.24) is 4.98 Å². The van der Waals surface area contributed by atoms with Crippen molar-refractivity contribution in [3.8, 4) is 5.88 Å². The number of nitrogens with zero attached hydrogens (tertiary/aromatic N) is 2. The van der Waals surface area contributed by atoms with Gasteiger partial charge in [0, 0.05) is 6.07 Å². The molecule has 0 aliphatic rings. The molecule has 1 N–H and O–H groups in total. The number of methoxy groups -OCH3 is 1. The number of aromatic nitrogens is 1. The zero-order chi connectivity index (χ0) is 17.0. The summed E-state index contributed by atoms with van der Waals surface area (Å²) in [6.07, 6.45) is 1.26. The van der Waals surface area contributed by atoms with Crippen molar-refractivity contribution >= 4 is 21.7 Å². The van der Waals surface area contributed by atoms with E-state index < -0.39 is 22.5 Å². The minimum absolute atomic E-state index is 0.0528. The minimum Gasteiger partial charge on any atom is -0.481 e. The topological polar surface area (TPSA) is 96.8 Å². The highest BCUT2D eigenvalue weighted by Gasteiger charge is 2.28. The highest BCUT2D eigenvalue weighted by molar-refractivity contribution is 7.93. The molecule has 0 atom stereocenters. The number of benzene rings is 1. The summed E-state index contributed by atoms with van der Waals surface area (Å²) in [5, 5.41) is 9.07. The Kier molecular flexibility index (Phi) is 4.85. The number of rotatable bonds is 6. The van der Waals surface area contributed by atoms with Crippen molar-refractivity contribution in [3.05, 3.63) is 48.2 Å². The summed E-state index contributed by atoms with van der Waals surface area (Å²) >= 11 is 0. The van der Waals surface area contributed by atoms with Gasteiger partial charge < -0.3 is 9.84 Å². The Hall–Kier alpha value is -2.61. The lowest BCUT2D eigenvalue weighted by Gasteiger charge is -2.23. The molecule has 0 aliphatic carbocycles. The van der Waals surface area contributed by atoms with Gasteiger partial charge in [-0.3, -0.25) is 9.10 Å². The SMILES string of the molecule is COc1ccc(N(CC(=O)O)S(=O)(=O)c2ccccc2C)cn1. The van der Waals surface area contributed by atoms with E-state index in [1.807, 2.05) is 0 Å². The Labute approximate surface area is 134 Å². The molecule has 0 radical (unpaired) electrons. The highest BCUT2D eigenvalue weighted by Crippen LogP contribution is 2.25. The zero-order valence-corrected chi connectivity index (χ0v) is 13.4. The largest absolute Gasteiger partial charge is 0.481 e. The van der Waals surface area contributed by atoms with Crippen molar-refractivity contribution in [2.45, 2.75) is 11.8 Å². The first-order valence-electron chi connectivity index (χ1n) is 6.66. The number of pyridine rings is 1. The van der Waals surface area contributed by atoms with E-state index in [2.05, 4.69) is 4.98 Å². The average molecular weight is 336 g/mol. The van der Waals surface area contributed by atoms with Gasteiger partial charge in [0.15, 0.2) is 0 Å². The van der Waals surface area contributed by atoms with E-state index in [0.29, 0.717) is 11.4 Å². The van der Waals surface area contributed by atoms with E-state index in [1.165, 1.54) is 31.5 Å². The van der Waals surface area contributed by atoms with Gasteiger partial charge in [-0.1, -0.05) is 18.2 Å². The smallest absolute Gasteiger partial charge is 0.324 e. The van der Waals surface area contributed by atoms with Crippen LogP contribution in [0, 0.1) is 6.92 Å².